The fourth-order valence-corrected chi connectivity index (χ4v) is 8.77. The number of aryl methyl sites for hydroxylation is 2. The molecule has 0 amide bonds. The van der Waals surface area contributed by atoms with Crippen LogP contribution in [-0.2, 0) is 11.1 Å². The van der Waals surface area contributed by atoms with Crippen molar-refractivity contribution in [3.63, 3.8) is 0 Å². The van der Waals surface area contributed by atoms with Crippen molar-refractivity contribution in [1.82, 2.24) is 19.6 Å². The van der Waals surface area contributed by atoms with Crippen molar-refractivity contribution in [1.29, 1.82) is 0 Å². The molecule has 10 rings (SSSR count). The predicted octanol–water partition coefficient (Wildman–Crippen LogP) is 10.6. The van der Waals surface area contributed by atoms with Gasteiger partial charge in [0.05, 0.1) is 11.4 Å². The Morgan fingerprint density at radius 1 is 0.540 bits per heavy atom. The summed E-state index contributed by atoms with van der Waals surface area (Å²) in [5.74, 6) is 2.10. The monoisotopic (exact) mass is 651 g/mol. The first-order valence-corrected chi connectivity index (χ1v) is 17.4. The number of anilines is 3. The lowest BCUT2D eigenvalue weighted by Gasteiger charge is -2.51. The molecule has 8 aromatic rings. The fourth-order valence-electron chi connectivity index (χ4n) is 8.77. The summed E-state index contributed by atoms with van der Waals surface area (Å²) in [7, 11) is 0. The molecule has 5 aromatic carbocycles. The Morgan fingerprint density at radius 3 is 1.66 bits per heavy atom. The van der Waals surface area contributed by atoms with E-state index in [4.69, 9.17) is 14.6 Å². The second-order valence-electron chi connectivity index (χ2n) is 14.4. The Kier molecular flexibility index (Phi) is 5.73. The van der Waals surface area contributed by atoms with Crippen LogP contribution in [0, 0.1) is 27.7 Å². The van der Waals surface area contributed by atoms with Crippen LogP contribution in [0.1, 0.15) is 58.6 Å². The van der Waals surface area contributed by atoms with Crippen LogP contribution in [0.3, 0.4) is 0 Å². The Balaban J connectivity index is 1.23. The summed E-state index contributed by atoms with van der Waals surface area (Å²) in [6.07, 6.45) is 0. The van der Waals surface area contributed by atoms with Gasteiger partial charge in [0.15, 0.2) is 0 Å². The molecule has 0 fully saturated rings. The summed E-state index contributed by atoms with van der Waals surface area (Å²) < 4.78 is 10.9. The molecular weight excluding hydrogens is 615 g/mol. The molecule has 1 aliphatic heterocycles. The first-order valence-electron chi connectivity index (χ1n) is 17.4. The van der Waals surface area contributed by atoms with Gasteiger partial charge in [-0.2, -0.15) is 10.2 Å². The van der Waals surface area contributed by atoms with E-state index >= 15 is 0 Å². The lowest BCUT2D eigenvalue weighted by molar-refractivity contribution is 0.270. The molecule has 0 N–H and O–H groups in total. The lowest BCUT2D eigenvalue weighted by atomic mass is 9.64. The van der Waals surface area contributed by atoms with Crippen LogP contribution in [0.5, 0.6) is 0 Å². The summed E-state index contributed by atoms with van der Waals surface area (Å²) >= 11 is 0. The van der Waals surface area contributed by atoms with Crippen molar-refractivity contribution in [3.05, 3.63) is 160 Å². The van der Waals surface area contributed by atoms with Crippen LogP contribution < -0.4 is 4.90 Å². The zero-order valence-electron chi connectivity index (χ0n) is 29.1. The third kappa shape index (κ3) is 3.48. The van der Waals surface area contributed by atoms with E-state index in [1.165, 1.54) is 22.3 Å². The molecule has 3 aromatic heterocycles. The molecule has 0 saturated carbocycles. The van der Waals surface area contributed by atoms with Crippen LogP contribution >= 0.6 is 0 Å². The third-order valence-electron chi connectivity index (χ3n) is 11.5. The Bertz CT molecular complexity index is 2580. The van der Waals surface area contributed by atoms with E-state index in [1.807, 2.05) is 12.1 Å². The summed E-state index contributed by atoms with van der Waals surface area (Å²) in [4.78, 5) is 2.37. The summed E-state index contributed by atoms with van der Waals surface area (Å²) in [5, 5.41) is 13.1. The van der Waals surface area contributed by atoms with Crippen molar-refractivity contribution >= 4 is 39.3 Å². The highest BCUT2D eigenvalue weighted by atomic mass is 16.3. The predicted molar refractivity (Wildman–Crippen MR) is 201 cm³/mol. The number of hydrogen-bond acceptors (Lipinski definition) is 4. The highest BCUT2D eigenvalue weighted by Crippen LogP contribution is 2.57. The van der Waals surface area contributed by atoms with E-state index in [1.54, 1.807) is 0 Å². The Hall–Kier alpha value is -5.88. The van der Waals surface area contributed by atoms with Gasteiger partial charge in [-0.05, 0) is 62.6 Å². The number of hydrogen-bond donors (Lipinski definition) is 0. The maximum absolute atomic E-state index is 6.42. The fraction of sp³-hybridized carbons (Fsp3) is 0.182. The van der Waals surface area contributed by atoms with Crippen LogP contribution in [0.4, 0.5) is 17.3 Å². The average molecular weight is 652 g/mol. The normalized spacial score (nSPS) is 15.3. The van der Waals surface area contributed by atoms with Gasteiger partial charge in [0.2, 0.25) is 5.66 Å². The molecule has 244 valence electrons. The molecule has 50 heavy (non-hydrogen) atoms. The minimum absolute atomic E-state index is 0.205. The number of fused-ring (bicyclic) bond motifs is 11. The topological polar surface area (TPSA) is 52.0 Å². The van der Waals surface area contributed by atoms with Gasteiger partial charge in [-0.1, -0.05) is 111 Å². The minimum atomic E-state index is -0.821. The molecule has 1 spiro atoms. The first-order chi connectivity index (χ1) is 24.2. The number of nitrogens with zero attached hydrogens (tertiary/aromatic N) is 5. The van der Waals surface area contributed by atoms with Gasteiger partial charge in [-0.25, -0.2) is 9.36 Å². The summed E-state index contributed by atoms with van der Waals surface area (Å²) in [5.41, 5.74) is 13.3. The van der Waals surface area contributed by atoms with Crippen LogP contribution in [0.15, 0.2) is 120 Å². The molecule has 1 aliphatic carbocycles. The van der Waals surface area contributed by atoms with Crippen molar-refractivity contribution in [2.45, 2.75) is 52.6 Å². The molecule has 0 unspecified atom stereocenters. The van der Waals surface area contributed by atoms with E-state index in [9.17, 15) is 0 Å². The van der Waals surface area contributed by atoms with Crippen molar-refractivity contribution in [2.75, 3.05) is 4.90 Å². The van der Waals surface area contributed by atoms with Crippen molar-refractivity contribution in [2.24, 2.45) is 0 Å². The maximum Gasteiger partial charge on any atom is 0.210 e. The zero-order valence-corrected chi connectivity index (χ0v) is 29.1. The minimum Gasteiger partial charge on any atom is -0.455 e. The zero-order chi connectivity index (χ0) is 34.1. The number of para-hydroxylation sites is 2. The lowest BCUT2D eigenvalue weighted by Crippen LogP contribution is -2.54. The Morgan fingerprint density at radius 2 is 1.06 bits per heavy atom. The highest BCUT2D eigenvalue weighted by Gasteiger charge is 2.56. The number of furan rings is 1. The number of rotatable bonds is 2. The Labute approximate surface area is 291 Å². The average Bonchev–Trinajstić information content (AvgIpc) is 3.77. The van der Waals surface area contributed by atoms with Crippen molar-refractivity contribution in [3.8, 4) is 11.1 Å². The van der Waals surface area contributed by atoms with Gasteiger partial charge >= 0.3 is 0 Å². The highest BCUT2D eigenvalue weighted by molar-refractivity contribution is 6.09. The molecule has 4 heterocycles. The largest absolute Gasteiger partial charge is 0.455 e. The van der Waals surface area contributed by atoms with Gasteiger partial charge in [0.1, 0.15) is 22.8 Å². The second-order valence-corrected chi connectivity index (χ2v) is 14.4. The van der Waals surface area contributed by atoms with Crippen LogP contribution in [-0.4, -0.2) is 19.6 Å². The standard InChI is InChI=1S/C44H37N5O/c1-26-28(3)45-48-41(26)47(31-24-22-30(23-25-31)32-15-13-16-34-33-14-7-12-21-39(33)50-40(32)34)42-27(2)29(4)46-49(42)44(48)37-19-10-8-17-35(37)43(5,6)36-18-9-11-20-38(36)44/h7-25H,1-6H3. The number of benzene rings is 5. The molecule has 0 atom stereocenters. The molecular formula is C44H37N5O. The molecule has 2 aliphatic rings. The third-order valence-corrected chi connectivity index (χ3v) is 11.5. The van der Waals surface area contributed by atoms with E-state index < -0.39 is 5.66 Å². The molecule has 6 nitrogen and oxygen atoms in total. The van der Waals surface area contributed by atoms with Gasteiger partial charge in [-0.15, -0.1) is 0 Å². The molecule has 0 bridgehead atoms. The maximum atomic E-state index is 6.42. The second kappa shape index (κ2) is 9.85. The van der Waals surface area contributed by atoms with Crippen LogP contribution in [0.25, 0.3) is 33.1 Å². The quantitative estimate of drug-likeness (QED) is 0.187. The van der Waals surface area contributed by atoms with Gasteiger partial charge in [0.25, 0.3) is 0 Å². The van der Waals surface area contributed by atoms with E-state index in [0.29, 0.717) is 0 Å². The summed E-state index contributed by atoms with van der Waals surface area (Å²) in [6, 6.07) is 41.3. The van der Waals surface area contributed by atoms with Gasteiger partial charge in [0, 0.05) is 49.7 Å². The smallest absolute Gasteiger partial charge is 0.210 e. The molecule has 6 heteroatoms. The van der Waals surface area contributed by atoms with E-state index in [2.05, 4.69) is 159 Å². The van der Waals surface area contributed by atoms with Gasteiger partial charge < -0.3 is 4.42 Å². The summed E-state index contributed by atoms with van der Waals surface area (Å²) in [6.45, 7) is 13.3. The SMILES string of the molecule is Cc1nn2c(c1C)N(c1ccc(-c3cccc4c3oc3ccccc34)cc1)c1c(C)c(C)nn1C21c2ccccc2C(C)(C)c2ccccc21. The van der Waals surface area contributed by atoms with Crippen LogP contribution in [0.2, 0.25) is 0 Å². The molecule has 0 saturated heterocycles. The molecule has 0 radical (unpaired) electrons. The first kappa shape index (κ1) is 29.1. The van der Waals surface area contributed by atoms with Crippen molar-refractivity contribution < 1.29 is 4.42 Å². The van der Waals surface area contributed by atoms with E-state index in [-0.39, 0.29) is 5.41 Å². The van der Waals surface area contributed by atoms with Gasteiger partial charge in [-0.3, -0.25) is 4.90 Å². The number of aromatic nitrogens is 4. The van der Waals surface area contributed by atoms with E-state index in [0.717, 1.165) is 72.9 Å².